The molecule has 8 heteroatoms. The second-order valence-electron chi connectivity index (χ2n) is 8.90. The van der Waals surface area contributed by atoms with E-state index >= 15 is 0 Å². The molecule has 4 N–H and O–H groups in total. The van der Waals surface area contributed by atoms with Crippen molar-refractivity contribution < 1.29 is 19.4 Å². The molecule has 0 radical (unpaired) electrons. The normalized spacial score (nSPS) is 21.7. The third kappa shape index (κ3) is 5.37. The molecule has 164 valence electrons. The summed E-state index contributed by atoms with van der Waals surface area (Å²) in [4.78, 5) is 20.8. The van der Waals surface area contributed by atoms with Crippen molar-refractivity contribution in [2.24, 2.45) is 11.7 Å². The zero-order valence-electron chi connectivity index (χ0n) is 18.1. The lowest BCUT2D eigenvalue weighted by Crippen LogP contribution is -2.44. The van der Waals surface area contributed by atoms with Crippen LogP contribution in [0, 0.1) is 5.92 Å². The molecule has 2 unspecified atom stereocenters. The number of aliphatic hydroxyl groups is 1. The van der Waals surface area contributed by atoms with E-state index in [4.69, 9.17) is 15.2 Å². The van der Waals surface area contributed by atoms with Gasteiger partial charge < -0.3 is 25.6 Å². The fraction of sp³-hybridized carbons (Fsp3) is 0.591. The number of nitrogens with two attached hydrogens (primary N) is 1. The van der Waals surface area contributed by atoms with Gasteiger partial charge in [-0.05, 0) is 64.5 Å². The molecule has 3 rings (SSSR count). The number of hydrogen-bond acceptors (Lipinski definition) is 7. The maximum Gasteiger partial charge on any atom is 0.407 e. The van der Waals surface area contributed by atoms with Gasteiger partial charge in [0.15, 0.2) is 0 Å². The predicted molar refractivity (Wildman–Crippen MR) is 114 cm³/mol. The van der Waals surface area contributed by atoms with Gasteiger partial charge in [-0.25, -0.2) is 9.78 Å². The first-order valence-electron chi connectivity index (χ1n) is 10.4. The maximum atomic E-state index is 12.0. The van der Waals surface area contributed by atoms with Crippen molar-refractivity contribution in [1.82, 2.24) is 15.3 Å². The summed E-state index contributed by atoms with van der Waals surface area (Å²) in [5.41, 5.74) is 7.89. The van der Waals surface area contributed by atoms with E-state index < -0.39 is 23.8 Å². The van der Waals surface area contributed by atoms with Crippen molar-refractivity contribution in [2.45, 2.75) is 70.2 Å². The number of carbonyl (C=O) groups is 1. The molecule has 1 fully saturated rings. The Morgan fingerprint density at radius 3 is 2.57 bits per heavy atom. The van der Waals surface area contributed by atoms with Crippen molar-refractivity contribution in [1.29, 1.82) is 0 Å². The molecule has 1 aliphatic rings. The van der Waals surface area contributed by atoms with Gasteiger partial charge >= 0.3 is 6.09 Å². The number of ether oxygens (including phenoxy) is 2. The Morgan fingerprint density at radius 2 is 1.93 bits per heavy atom. The van der Waals surface area contributed by atoms with Crippen LogP contribution in [0.3, 0.4) is 0 Å². The lowest BCUT2D eigenvalue weighted by Gasteiger charge is -2.35. The van der Waals surface area contributed by atoms with Gasteiger partial charge in [0, 0.05) is 29.9 Å². The van der Waals surface area contributed by atoms with Crippen molar-refractivity contribution in [3.8, 4) is 5.88 Å². The van der Waals surface area contributed by atoms with Crippen LogP contribution >= 0.6 is 0 Å². The molecule has 0 saturated heterocycles. The molecule has 2 heterocycles. The highest BCUT2D eigenvalue weighted by atomic mass is 16.6. The van der Waals surface area contributed by atoms with Crippen LogP contribution in [-0.4, -0.2) is 46.0 Å². The largest absolute Gasteiger partial charge is 0.481 e. The summed E-state index contributed by atoms with van der Waals surface area (Å²) in [5.74, 6) is 0.608. The number of fused-ring (bicyclic) bond motifs is 1. The molecule has 2 aromatic rings. The van der Waals surface area contributed by atoms with Gasteiger partial charge in [0.25, 0.3) is 0 Å². The SMILES string of the molecule is COc1ccc2nccc(C(O)C(N)[C@H]3CC[C@H](NC(=O)OC(C)(C)C)CC3)c2n1. The van der Waals surface area contributed by atoms with Gasteiger partial charge in [0.2, 0.25) is 5.88 Å². The van der Waals surface area contributed by atoms with Gasteiger partial charge in [0.1, 0.15) is 5.60 Å². The van der Waals surface area contributed by atoms with Crippen molar-refractivity contribution in [3.63, 3.8) is 0 Å². The number of carbonyl (C=O) groups excluding carboxylic acids is 1. The molecular formula is C22H32N4O4. The van der Waals surface area contributed by atoms with E-state index in [0.29, 0.717) is 22.5 Å². The number of pyridine rings is 2. The van der Waals surface area contributed by atoms with E-state index in [-0.39, 0.29) is 12.0 Å². The van der Waals surface area contributed by atoms with Gasteiger partial charge in [-0.15, -0.1) is 0 Å². The molecule has 0 aliphatic heterocycles. The highest BCUT2D eigenvalue weighted by molar-refractivity contribution is 5.78. The number of aromatic nitrogens is 2. The second kappa shape index (κ2) is 9.14. The Hall–Kier alpha value is -2.45. The van der Waals surface area contributed by atoms with Crippen LogP contribution < -0.4 is 15.8 Å². The lowest BCUT2D eigenvalue weighted by atomic mass is 9.79. The molecule has 8 nitrogen and oxygen atoms in total. The first-order chi connectivity index (χ1) is 14.2. The van der Waals surface area contributed by atoms with Crippen LogP contribution in [0.15, 0.2) is 24.4 Å². The molecule has 1 saturated carbocycles. The minimum Gasteiger partial charge on any atom is -0.481 e. The number of rotatable bonds is 5. The number of alkyl carbamates (subject to hydrolysis) is 1. The molecule has 2 atom stereocenters. The first kappa shape index (κ1) is 22.2. The Balaban J connectivity index is 1.63. The van der Waals surface area contributed by atoms with E-state index in [2.05, 4.69) is 15.3 Å². The van der Waals surface area contributed by atoms with Crippen LogP contribution in [0.4, 0.5) is 4.79 Å². The van der Waals surface area contributed by atoms with E-state index in [9.17, 15) is 9.90 Å². The second-order valence-corrected chi connectivity index (χ2v) is 8.90. The third-order valence-corrected chi connectivity index (χ3v) is 5.52. The van der Waals surface area contributed by atoms with Crippen LogP contribution in [0.5, 0.6) is 5.88 Å². The summed E-state index contributed by atoms with van der Waals surface area (Å²) in [6.07, 6.45) is 3.63. The van der Waals surface area contributed by atoms with Crippen molar-refractivity contribution >= 4 is 17.1 Å². The smallest absolute Gasteiger partial charge is 0.407 e. The van der Waals surface area contributed by atoms with Gasteiger partial charge in [0.05, 0.1) is 24.2 Å². The Bertz CT molecular complexity index is 875. The number of aliphatic hydroxyl groups excluding tert-OH is 1. The van der Waals surface area contributed by atoms with Crippen LogP contribution in [-0.2, 0) is 4.74 Å². The Morgan fingerprint density at radius 1 is 1.23 bits per heavy atom. The zero-order valence-corrected chi connectivity index (χ0v) is 18.1. The summed E-state index contributed by atoms with van der Waals surface area (Å²) < 4.78 is 10.5. The molecule has 30 heavy (non-hydrogen) atoms. The molecule has 1 aliphatic carbocycles. The van der Waals surface area contributed by atoms with E-state index in [0.717, 1.165) is 25.7 Å². The number of amides is 1. The van der Waals surface area contributed by atoms with E-state index in [1.807, 2.05) is 26.8 Å². The Kier molecular flexibility index (Phi) is 6.77. The van der Waals surface area contributed by atoms with E-state index in [1.54, 1.807) is 25.4 Å². The molecule has 0 bridgehead atoms. The average Bonchev–Trinajstić information content (AvgIpc) is 2.71. The first-order valence-corrected chi connectivity index (χ1v) is 10.4. The van der Waals surface area contributed by atoms with Gasteiger partial charge in [-0.1, -0.05) is 0 Å². The third-order valence-electron chi connectivity index (χ3n) is 5.52. The summed E-state index contributed by atoms with van der Waals surface area (Å²) >= 11 is 0. The summed E-state index contributed by atoms with van der Waals surface area (Å²) in [5, 5.41) is 14.0. The molecule has 0 spiro atoms. The van der Waals surface area contributed by atoms with Crippen molar-refractivity contribution in [2.75, 3.05) is 7.11 Å². The number of nitrogens with one attached hydrogen (secondary N) is 1. The molecule has 1 amide bonds. The molecule has 0 aromatic carbocycles. The van der Waals surface area contributed by atoms with Crippen LogP contribution in [0.2, 0.25) is 0 Å². The number of hydrogen-bond donors (Lipinski definition) is 3. The molecule has 2 aromatic heterocycles. The lowest BCUT2D eigenvalue weighted by molar-refractivity contribution is 0.0472. The zero-order chi connectivity index (χ0) is 21.9. The van der Waals surface area contributed by atoms with Gasteiger partial charge in [-0.3, -0.25) is 4.98 Å². The fourth-order valence-corrected chi connectivity index (χ4v) is 3.97. The minimum atomic E-state index is -0.865. The standard InChI is InChI=1S/C22H32N4O4/c1-22(2,3)30-21(28)25-14-7-5-13(6-8-14)18(23)20(27)15-11-12-24-16-9-10-17(29-4)26-19(15)16/h9-14,18,20,27H,5-8,23H2,1-4H3,(H,25,28)/t13-,14-,18?,20?. The number of methoxy groups -OCH3 is 1. The average molecular weight is 417 g/mol. The highest BCUT2D eigenvalue weighted by Gasteiger charge is 2.32. The predicted octanol–water partition coefficient (Wildman–Crippen LogP) is 3.08. The number of nitrogens with zero attached hydrogens (tertiary/aromatic N) is 2. The maximum absolute atomic E-state index is 12.0. The van der Waals surface area contributed by atoms with Crippen LogP contribution in [0.1, 0.15) is 58.1 Å². The quantitative estimate of drug-likeness (QED) is 0.685. The topological polar surface area (TPSA) is 120 Å². The fourth-order valence-electron chi connectivity index (χ4n) is 3.97. The summed E-state index contributed by atoms with van der Waals surface area (Å²) in [7, 11) is 1.55. The van der Waals surface area contributed by atoms with E-state index in [1.165, 1.54) is 0 Å². The highest BCUT2D eigenvalue weighted by Crippen LogP contribution is 2.33. The van der Waals surface area contributed by atoms with Crippen LogP contribution in [0.25, 0.3) is 11.0 Å². The molecular weight excluding hydrogens is 384 g/mol. The minimum absolute atomic E-state index is 0.0631. The summed E-state index contributed by atoms with van der Waals surface area (Å²) in [6.45, 7) is 5.53. The van der Waals surface area contributed by atoms with Crippen molar-refractivity contribution in [3.05, 3.63) is 30.0 Å². The Labute approximate surface area is 177 Å². The van der Waals surface area contributed by atoms with Gasteiger partial charge in [-0.2, -0.15) is 0 Å². The summed E-state index contributed by atoms with van der Waals surface area (Å²) in [6, 6.07) is 4.94. The monoisotopic (exact) mass is 416 g/mol.